The van der Waals surface area contributed by atoms with E-state index in [-0.39, 0.29) is 22.4 Å². The number of benzene rings is 2. The van der Waals surface area contributed by atoms with E-state index in [1.54, 1.807) is 12.1 Å². The fraction of sp³-hybridized carbons (Fsp3) is 0.263. The molecule has 25 heavy (non-hydrogen) atoms. The predicted molar refractivity (Wildman–Crippen MR) is 92.9 cm³/mol. The summed E-state index contributed by atoms with van der Waals surface area (Å²) in [6.07, 6.45) is 0. The van der Waals surface area contributed by atoms with Crippen molar-refractivity contribution < 1.29 is 19.2 Å². The minimum absolute atomic E-state index is 0.0275. The third kappa shape index (κ3) is 4.50. The molecule has 0 amide bonds. The van der Waals surface area contributed by atoms with E-state index in [0.717, 1.165) is 5.56 Å². The first-order chi connectivity index (χ1) is 11.7. The number of carbonyl (C=O) groups is 2. The quantitative estimate of drug-likeness (QED) is 0.356. The minimum atomic E-state index is -0.896. The molecule has 0 heterocycles. The Kier molecular flexibility index (Phi) is 5.32. The van der Waals surface area contributed by atoms with E-state index in [0.29, 0.717) is 5.56 Å². The smallest absolute Gasteiger partial charge is 0.345 e. The molecule has 0 aliphatic rings. The van der Waals surface area contributed by atoms with E-state index in [1.165, 1.54) is 24.3 Å². The molecule has 0 N–H and O–H groups in total. The second-order valence-corrected chi connectivity index (χ2v) is 6.60. The summed E-state index contributed by atoms with van der Waals surface area (Å²) in [7, 11) is 0. The number of hydrogen-bond donors (Lipinski definition) is 0. The molecular weight excluding hydrogens is 322 g/mol. The van der Waals surface area contributed by atoms with Gasteiger partial charge in [-0.1, -0.05) is 57.2 Å². The molecule has 0 saturated carbocycles. The van der Waals surface area contributed by atoms with Gasteiger partial charge < -0.3 is 4.74 Å². The standard InChI is InChI=1S/C19H19NO5/c1-19(2,3)14-10-8-13(9-11-14)17(21)12-25-18(22)15-6-4-5-7-16(15)20(23)24/h4-11H,12H2,1-3H3. The van der Waals surface area contributed by atoms with Gasteiger partial charge in [-0.05, 0) is 17.0 Å². The van der Waals surface area contributed by atoms with E-state index in [9.17, 15) is 19.7 Å². The number of nitro groups is 1. The van der Waals surface area contributed by atoms with Crippen molar-refractivity contribution >= 4 is 17.4 Å². The predicted octanol–water partition coefficient (Wildman–Crippen LogP) is 3.93. The maximum absolute atomic E-state index is 12.1. The molecule has 2 rings (SSSR count). The summed E-state index contributed by atoms with van der Waals surface area (Å²) in [5.41, 5.74) is 0.947. The van der Waals surface area contributed by atoms with Gasteiger partial charge in [0.25, 0.3) is 5.69 Å². The average Bonchev–Trinajstić information content (AvgIpc) is 2.58. The van der Waals surface area contributed by atoms with Crippen molar-refractivity contribution in [3.63, 3.8) is 0 Å². The number of esters is 1. The lowest BCUT2D eigenvalue weighted by molar-refractivity contribution is -0.385. The van der Waals surface area contributed by atoms with E-state index in [1.807, 2.05) is 12.1 Å². The van der Waals surface area contributed by atoms with Gasteiger partial charge in [0.05, 0.1) is 4.92 Å². The zero-order valence-electron chi connectivity index (χ0n) is 14.3. The number of nitro benzene ring substituents is 1. The molecular formula is C19H19NO5. The Morgan fingerprint density at radius 3 is 2.20 bits per heavy atom. The van der Waals surface area contributed by atoms with Gasteiger partial charge in [0.2, 0.25) is 0 Å². The number of ether oxygens (including phenoxy) is 1. The Balaban J connectivity index is 2.05. The second-order valence-electron chi connectivity index (χ2n) is 6.60. The van der Waals surface area contributed by atoms with Gasteiger partial charge in [-0.25, -0.2) is 4.79 Å². The average molecular weight is 341 g/mol. The lowest BCUT2D eigenvalue weighted by atomic mass is 9.86. The molecule has 0 aliphatic heterocycles. The van der Waals surface area contributed by atoms with Gasteiger partial charge in [0.1, 0.15) is 5.56 Å². The lowest BCUT2D eigenvalue weighted by Crippen LogP contribution is -2.16. The van der Waals surface area contributed by atoms with E-state index in [2.05, 4.69) is 20.8 Å². The van der Waals surface area contributed by atoms with Crippen LogP contribution < -0.4 is 0 Å². The van der Waals surface area contributed by atoms with Crippen molar-refractivity contribution in [2.45, 2.75) is 26.2 Å². The van der Waals surface area contributed by atoms with Gasteiger partial charge in [0, 0.05) is 11.6 Å². The monoisotopic (exact) mass is 341 g/mol. The fourth-order valence-corrected chi connectivity index (χ4v) is 2.25. The van der Waals surface area contributed by atoms with Crippen LogP contribution in [0.2, 0.25) is 0 Å². The van der Waals surface area contributed by atoms with Gasteiger partial charge >= 0.3 is 5.97 Å². The van der Waals surface area contributed by atoms with E-state index in [4.69, 9.17) is 4.74 Å². The van der Waals surface area contributed by atoms with Crippen LogP contribution in [0.3, 0.4) is 0 Å². The highest BCUT2D eigenvalue weighted by atomic mass is 16.6. The molecule has 6 heteroatoms. The van der Waals surface area contributed by atoms with Crippen molar-refractivity contribution in [2.75, 3.05) is 6.61 Å². The molecule has 0 saturated heterocycles. The topological polar surface area (TPSA) is 86.5 Å². The first-order valence-corrected chi connectivity index (χ1v) is 7.74. The Bertz CT molecular complexity index is 803. The molecule has 0 aromatic heterocycles. The maximum Gasteiger partial charge on any atom is 0.345 e. The molecule has 0 atom stereocenters. The third-order valence-electron chi connectivity index (χ3n) is 3.73. The highest BCUT2D eigenvalue weighted by molar-refractivity contribution is 6.00. The summed E-state index contributed by atoms with van der Waals surface area (Å²) < 4.78 is 4.94. The molecule has 0 spiro atoms. The zero-order chi connectivity index (χ0) is 18.6. The summed E-state index contributed by atoms with van der Waals surface area (Å²) >= 11 is 0. The number of ketones is 1. The number of nitrogens with zero attached hydrogens (tertiary/aromatic N) is 1. The maximum atomic E-state index is 12.1. The molecule has 0 fully saturated rings. The molecule has 130 valence electrons. The first kappa shape index (κ1) is 18.3. The molecule has 0 aliphatic carbocycles. The first-order valence-electron chi connectivity index (χ1n) is 7.74. The summed E-state index contributed by atoms with van der Waals surface area (Å²) in [6.45, 7) is 5.73. The number of carbonyl (C=O) groups excluding carboxylic acids is 2. The summed E-state index contributed by atoms with van der Waals surface area (Å²) in [5, 5.41) is 10.9. The van der Waals surface area contributed by atoms with Crippen LogP contribution in [0.4, 0.5) is 5.69 Å². The van der Waals surface area contributed by atoms with Crippen LogP contribution >= 0.6 is 0 Å². The number of rotatable bonds is 5. The Hall–Kier alpha value is -3.02. The third-order valence-corrected chi connectivity index (χ3v) is 3.73. The van der Waals surface area contributed by atoms with E-state index >= 15 is 0 Å². The van der Waals surface area contributed by atoms with Gasteiger partial charge in [-0.15, -0.1) is 0 Å². The van der Waals surface area contributed by atoms with Gasteiger partial charge in [-0.2, -0.15) is 0 Å². The lowest BCUT2D eigenvalue weighted by Gasteiger charge is -2.18. The fourth-order valence-electron chi connectivity index (χ4n) is 2.25. The minimum Gasteiger partial charge on any atom is -0.454 e. The molecule has 6 nitrogen and oxygen atoms in total. The largest absolute Gasteiger partial charge is 0.454 e. The van der Waals surface area contributed by atoms with Crippen molar-refractivity contribution in [1.82, 2.24) is 0 Å². The normalized spacial score (nSPS) is 11.0. The van der Waals surface area contributed by atoms with Gasteiger partial charge in [0.15, 0.2) is 12.4 Å². The van der Waals surface area contributed by atoms with Crippen molar-refractivity contribution in [2.24, 2.45) is 0 Å². The highest BCUT2D eigenvalue weighted by Crippen LogP contribution is 2.22. The van der Waals surface area contributed by atoms with Crippen LogP contribution in [0.25, 0.3) is 0 Å². The summed E-state index contributed by atoms with van der Waals surface area (Å²) in [6, 6.07) is 12.5. The molecule has 2 aromatic rings. The van der Waals surface area contributed by atoms with Crippen LogP contribution in [0.1, 0.15) is 47.1 Å². The Morgan fingerprint density at radius 2 is 1.64 bits per heavy atom. The zero-order valence-corrected chi connectivity index (χ0v) is 14.3. The van der Waals surface area contributed by atoms with Crippen LogP contribution in [-0.2, 0) is 10.2 Å². The Labute approximate surface area is 145 Å². The van der Waals surface area contributed by atoms with Gasteiger partial charge in [-0.3, -0.25) is 14.9 Å². The van der Waals surface area contributed by atoms with Crippen molar-refractivity contribution in [3.05, 3.63) is 75.3 Å². The second kappa shape index (κ2) is 7.25. The van der Waals surface area contributed by atoms with Crippen LogP contribution in [0.5, 0.6) is 0 Å². The number of hydrogen-bond acceptors (Lipinski definition) is 5. The van der Waals surface area contributed by atoms with Crippen LogP contribution in [0, 0.1) is 10.1 Å². The number of Topliss-reactive ketones (excluding diaryl/α,β-unsaturated/α-hetero) is 1. The van der Waals surface area contributed by atoms with Crippen molar-refractivity contribution in [1.29, 1.82) is 0 Å². The highest BCUT2D eigenvalue weighted by Gasteiger charge is 2.21. The molecule has 2 aromatic carbocycles. The van der Waals surface area contributed by atoms with Crippen LogP contribution in [0.15, 0.2) is 48.5 Å². The van der Waals surface area contributed by atoms with Crippen LogP contribution in [-0.4, -0.2) is 23.3 Å². The summed E-state index contributed by atoms with van der Waals surface area (Å²) in [5.74, 6) is -1.26. The summed E-state index contributed by atoms with van der Waals surface area (Å²) in [4.78, 5) is 34.4. The van der Waals surface area contributed by atoms with Crippen molar-refractivity contribution in [3.8, 4) is 0 Å². The Morgan fingerprint density at radius 1 is 1.04 bits per heavy atom. The number of para-hydroxylation sites is 1. The molecule has 0 unspecified atom stereocenters. The molecule has 0 bridgehead atoms. The van der Waals surface area contributed by atoms with E-state index < -0.39 is 17.5 Å². The SMILES string of the molecule is CC(C)(C)c1ccc(C(=O)COC(=O)c2ccccc2[N+](=O)[O-])cc1. The molecule has 0 radical (unpaired) electrons.